The Morgan fingerprint density at radius 3 is 2.09 bits per heavy atom. The maximum absolute atomic E-state index is 12.1. The number of amides is 1. The van der Waals surface area contributed by atoms with Crippen LogP contribution in [0.1, 0.15) is 81.5 Å². The Morgan fingerprint density at radius 1 is 0.913 bits per heavy atom. The Bertz CT molecular complexity index is 431. The van der Waals surface area contributed by atoms with E-state index in [-0.39, 0.29) is 5.91 Å². The summed E-state index contributed by atoms with van der Waals surface area (Å²) >= 11 is 0. The molecular formula is C20H33NO2. The van der Waals surface area contributed by atoms with Gasteiger partial charge in [-0.1, -0.05) is 76.8 Å². The molecule has 130 valence electrons. The number of methoxy groups -OCH3 is 1. The summed E-state index contributed by atoms with van der Waals surface area (Å²) in [7, 11) is 1.59. The summed E-state index contributed by atoms with van der Waals surface area (Å²) in [4.78, 5) is 12.1. The highest BCUT2D eigenvalue weighted by Crippen LogP contribution is 2.16. The molecule has 0 bridgehead atoms. The van der Waals surface area contributed by atoms with Gasteiger partial charge in [0.1, 0.15) is 5.75 Å². The molecule has 0 aliphatic carbocycles. The molecule has 0 radical (unpaired) electrons. The monoisotopic (exact) mass is 319 g/mol. The number of ether oxygens (including phenoxy) is 1. The van der Waals surface area contributed by atoms with Crippen LogP contribution in [0.4, 0.5) is 0 Å². The van der Waals surface area contributed by atoms with E-state index in [0.717, 1.165) is 13.0 Å². The van der Waals surface area contributed by atoms with Gasteiger partial charge in [-0.05, 0) is 18.6 Å². The van der Waals surface area contributed by atoms with Gasteiger partial charge in [-0.3, -0.25) is 4.79 Å². The van der Waals surface area contributed by atoms with Crippen LogP contribution in [0.3, 0.4) is 0 Å². The van der Waals surface area contributed by atoms with Crippen molar-refractivity contribution in [2.45, 2.75) is 71.1 Å². The van der Waals surface area contributed by atoms with Crippen molar-refractivity contribution in [1.82, 2.24) is 5.32 Å². The molecule has 1 N–H and O–H groups in total. The van der Waals surface area contributed by atoms with Gasteiger partial charge < -0.3 is 10.1 Å². The molecule has 0 saturated heterocycles. The molecule has 0 aliphatic heterocycles. The average Bonchev–Trinajstić information content (AvgIpc) is 2.59. The lowest BCUT2D eigenvalue weighted by Crippen LogP contribution is -2.24. The van der Waals surface area contributed by atoms with Crippen molar-refractivity contribution in [2.24, 2.45) is 0 Å². The predicted molar refractivity (Wildman–Crippen MR) is 97.2 cm³/mol. The largest absolute Gasteiger partial charge is 0.496 e. The van der Waals surface area contributed by atoms with Crippen molar-refractivity contribution in [3.63, 3.8) is 0 Å². The molecule has 0 atom stereocenters. The number of unbranched alkanes of at least 4 members (excludes halogenated alkanes) is 9. The summed E-state index contributed by atoms with van der Waals surface area (Å²) < 4.78 is 5.21. The molecule has 23 heavy (non-hydrogen) atoms. The highest BCUT2D eigenvalue weighted by atomic mass is 16.5. The number of hydrogen-bond acceptors (Lipinski definition) is 2. The van der Waals surface area contributed by atoms with Gasteiger partial charge in [0.25, 0.3) is 5.91 Å². The van der Waals surface area contributed by atoms with Crippen LogP contribution in [-0.4, -0.2) is 19.6 Å². The average molecular weight is 319 g/mol. The van der Waals surface area contributed by atoms with E-state index in [2.05, 4.69) is 12.2 Å². The first-order valence-electron chi connectivity index (χ1n) is 9.20. The van der Waals surface area contributed by atoms with Crippen LogP contribution < -0.4 is 10.1 Å². The third-order valence-electron chi connectivity index (χ3n) is 4.17. The van der Waals surface area contributed by atoms with Crippen LogP contribution in [0.2, 0.25) is 0 Å². The normalized spacial score (nSPS) is 10.5. The Hall–Kier alpha value is -1.51. The van der Waals surface area contributed by atoms with Crippen LogP contribution in [-0.2, 0) is 0 Å². The van der Waals surface area contributed by atoms with E-state index in [1.54, 1.807) is 13.2 Å². The predicted octanol–water partition coefficient (Wildman–Crippen LogP) is 5.35. The van der Waals surface area contributed by atoms with Crippen molar-refractivity contribution in [3.8, 4) is 5.75 Å². The van der Waals surface area contributed by atoms with Crippen molar-refractivity contribution in [3.05, 3.63) is 29.8 Å². The number of para-hydroxylation sites is 1. The summed E-state index contributed by atoms with van der Waals surface area (Å²) in [6.45, 7) is 3.00. The minimum atomic E-state index is -0.0432. The first-order valence-corrected chi connectivity index (χ1v) is 9.20. The Morgan fingerprint density at radius 2 is 1.48 bits per heavy atom. The van der Waals surface area contributed by atoms with Crippen LogP contribution in [0.15, 0.2) is 24.3 Å². The molecule has 1 aromatic rings. The van der Waals surface area contributed by atoms with E-state index >= 15 is 0 Å². The number of rotatable bonds is 13. The van der Waals surface area contributed by atoms with E-state index in [9.17, 15) is 4.79 Å². The first-order chi connectivity index (χ1) is 11.3. The molecule has 0 saturated carbocycles. The van der Waals surface area contributed by atoms with Gasteiger partial charge in [-0.25, -0.2) is 0 Å². The maximum atomic E-state index is 12.1. The number of carbonyl (C=O) groups excluding carboxylic acids is 1. The molecular weight excluding hydrogens is 286 g/mol. The smallest absolute Gasteiger partial charge is 0.255 e. The molecule has 3 heteroatoms. The zero-order valence-corrected chi connectivity index (χ0v) is 14.9. The second-order valence-corrected chi connectivity index (χ2v) is 6.14. The van der Waals surface area contributed by atoms with Crippen molar-refractivity contribution < 1.29 is 9.53 Å². The fraction of sp³-hybridized carbons (Fsp3) is 0.650. The van der Waals surface area contributed by atoms with Gasteiger partial charge in [0.15, 0.2) is 0 Å². The zero-order valence-electron chi connectivity index (χ0n) is 14.9. The van der Waals surface area contributed by atoms with E-state index in [4.69, 9.17) is 4.74 Å². The second-order valence-electron chi connectivity index (χ2n) is 6.14. The van der Waals surface area contributed by atoms with Crippen LogP contribution in [0.25, 0.3) is 0 Å². The fourth-order valence-electron chi connectivity index (χ4n) is 2.74. The maximum Gasteiger partial charge on any atom is 0.255 e. The Labute approximate surface area is 141 Å². The standard InChI is InChI=1S/C20H33NO2/c1-3-4-5-6-7-8-9-10-11-14-17-21-20(22)18-15-12-13-16-19(18)23-2/h12-13,15-16H,3-11,14,17H2,1-2H3,(H,21,22). The highest BCUT2D eigenvalue weighted by molar-refractivity contribution is 5.96. The molecule has 0 unspecified atom stereocenters. The molecule has 0 heterocycles. The molecule has 1 rings (SSSR count). The lowest BCUT2D eigenvalue weighted by Gasteiger charge is -2.09. The molecule has 3 nitrogen and oxygen atoms in total. The van der Waals surface area contributed by atoms with Crippen LogP contribution in [0, 0.1) is 0 Å². The molecule has 0 aliphatic rings. The Kier molecular flexibility index (Phi) is 11.0. The third-order valence-corrected chi connectivity index (χ3v) is 4.17. The minimum Gasteiger partial charge on any atom is -0.496 e. The summed E-state index contributed by atoms with van der Waals surface area (Å²) in [5.74, 6) is 0.589. The number of benzene rings is 1. The SMILES string of the molecule is CCCCCCCCCCCCNC(=O)c1ccccc1OC. The van der Waals surface area contributed by atoms with Crippen LogP contribution in [0.5, 0.6) is 5.75 Å². The van der Waals surface area contributed by atoms with Crippen molar-refractivity contribution in [2.75, 3.05) is 13.7 Å². The van der Waals surface area contributed by atoms with E-state index in [1.807, 2.05) is 18.2 Å². The highest BCUT2D eigenvalue weighted by Gasteiger charge is 2.10. The third kappa shape index (κ3) is 8.63. The number of carbonyl (C=O) groups is 1. The number of hydrogen-bond donors (Lipinski definition) is 1. The van der Waals surface area contributed by atoms with Gasteiger partial charge in [0, 0.05) is 6.54 Å². The number of nitrogens with one attached hydrogen (secondary N) is 1. The lowest BCUT2D eigenvalue weighted by atomic mass is 10.1. The van der Waals surface area contributed by atoms with Crippen molar-refractivity contribution >= 4 is 5.91 Å². The first kappa shape index (κ1) is 19.5. The van der Waals surface area contributed by atoms with Crippen molar-refractivity contribution in [1.29, 1.82) is 0 Å². The summed E-state index contributed by atoms with van der Waals surface area (Å²) in [5.41, 5.74) is 0.613. The molecule has 1 amide bonds. The lowest BCUT2D eigenvalue weighted by molar-refractivity contribution is 0.0950. The molecule has 0 fully saturated rings. The van der Waals surface area contributed by atoms with E-state index in [1.165, 1.54) is 57.8 Å². The zero-order chi connectivity index (χ0) is 16.8. The Balaban J connectivity index is 2.01. The summed E-state index contributed by atoms with van der Waals surface area (Å²) in [6.07, 6.45) is 13.1. The van der Waals surface area contributed by atoms with Crippen LogP contribution >= 0.6 is 0 Å². The van der Waals surface area contributed by atoms with E-state index in [0.29, 0.717) is 11.3 Å². The van der Waals surface area contributed by atoms with Gasteiger partial charge in [-0.15, -0.1) is 0 Å². The minimum absolute atomic E-state index is 0.0432. The van der Waals surface area contributed by atoms with Gasteiger partial charge in [-0.2, -0.15) is 0 Å². The van der Waals surface area contributed by atoms with Gasteiger partial charge in [0.2, 0.25) is 0 Å². The molecule has 1 aromatic carbocycles. The fourth-order valence-corrected chi connectivity index (χ4v) is 2.74. The quantitative estimate of drug-likeness (QED) is 0.498. The topological polar surface area (TPSA) is 38.3 Å². The molecule has 0 aromatic heterocycles. The summed E-state index contributed by atoms with van der Waals surface area (Å²) in [5, 5.41) is 2.98. The molecule has 0 spiro atoms. The second kappa shape index (κ2) is 13.0. The summed E-state index contributed by atoms with van der Waals surface area (Å²) in [6, 6.07) is 7.35. The van der Waals surface area contributed by atoms with Gasteiger partial charge in [0.05, 0.1) is 12.7 Å². The van der Waals surface area contributed by atoms with E-state index < -0.39 is 0 Å². The van der Waals surface area contributed by atoms with Gasteiger partial charge >= 0.3 is 0 Å².